The molecule has 0 amide bonds. The van der Waals surface area contributed by atoms with Gasteiger partial charge in [0.1, 0.15) is 0 Å². The predicted octanol–water partition coefficient (Wildman–Crippen LogP) is 2.34. The van der Waals surface area contributed by atoms with Crippen LogP contribution < -0.4 is 10.6 Å². The van der Waals surface area contributed by atoms with Gasteiger partial charge in [-0.15, -0.1) is 11.3 Å². The van der Waals surface area contributed by atoms with Gasteiger partial charge in [-0.2, -0.15) is 0 Å². The lowest BCUT2D eigenvalue weighted by Gasteiger charge is -2.16. The summed E-state index contributed by atoms with van der Waals surface area (Å²) in [4.78, 5) is 8.16. The topological polar surface area (TPSA) is 51.4 Å². The molecule has 1 aliphatic carbocycles. The van der Waals surface area contributed by atoms with Crippen LogP contribution in [0.2, 0.25) is 0 Å². The van der Waals surface area contributed by atoms with Crippen molar-refractivity contribution in [1.29, 1.82) is 0 Å². The Labute approximate surface area is 113 Å². The molecular formula is C13H23N3OS. The van der Waals surface area contributed by atoms with Crippen molar-refractivity contribution in [3.05, 3.63) is 10.6 Å². The summed E-state index contributed by atoms with van der Waals surface area (Å²) in [5, 5.41) is 1.07. The van der Waals surface area contributed by atoms with Gasteiger partial charge in [-0.25, -0.2) is 4.98 Å². The van der Waals surface area contributed by atoms with Crippen molar-refractivity contribution in [3.63, 3.8) is 0 Å². The Morgan fingerprint density at radius 3 is 3.00 bits per heavy atom. The third kappa shape index (κ3) is 3.22. The lowest BCUT2D eigenvalue weighted by Crippen LogP contribution is -2.23. The third-order valence-electron chi connectivity index (χ3n) is 3.19. The van der Waals surface area contributed by atoms with E-state index in [4.69, 9.17) is 15.5 Å². The van der Waals surface area contributed by atoms with E-state index < -0.39 is 0 Å². The van der Waals surface area contributed by atoms with E-state index in [1.807, 2.05) is 0 Å². The second kappa shape index (κ2) is 5.99. The molecule has 102 valence electrons. The van der Waals surface area contributed by atoms with Crippen LogP contribution in [0.25, 0.3) is 0 Å². The highest BCUT2D eigenvalue weighted by atomic mass is 32.1. The highest BCUT2D eigenvalue weighted by Crippen LogP contribution is 2.35. The number of ether oxygens (including phenoxy) is 1. The molecule has 0 saturated heterocycles. The molecule has 1 atom stereocenters. The van der Waals surface area contributed by atoms with Crippen molar-refractivity contribution in [2.75, 3.05) is 25.1 Å². The average Bonchev–Trinajstić information content (AvgIpc) is 2.74. The quantitative estimate of drug-likeness (QED) is 0.891. The summed E-state index contributed by atoms with van der Waals surface area (Å²) < 4.78 is 5.57. The molecule has 1 aromatic rings. The number of fused-ring (bicyclic) bond motifs is 1. The number of aryl methyl sites for hydroxylation is 1. The average molecular weight is 269 g/mol. The minimum atomic E-state index is 0.195. The number of aromatic nitrogens is 1. The van der Waals surface area contributed by atoms with Crippen LogP contribution in [0.4, 0.5) is 5.13 Å². The summed E-state index contributed by atoms with van der Waals surface area (Å²) in [6, 6.07) is 0.195. The first kappa shape index (κ1) is 13.8. The first-order chi connectivity index (χ1) is 8.58. The summed E-state index contributed by atoms with van der Waals surface area (Å²) in [5.74, 6) is 0. The zero-order valence-electron chi connectivity index (χ0n) is 11.5. The third-order valence-corrected chi connectivity index (χ3v) is 4.53. The number of nitrogens with zero attached hydrogens (tertiary/aromatic N) is 2. The van der Waals surface area contributed by atoms with Gasteiger partial charge in [0.05, 0.1) is 18.4 Å². The second-order valence-corrected chi connectivity index (χ2v) is 6.16. The molecule has 0 radical (unpaired) electrons. The van der Waals surface area contributed by atoms with Crippen molar-refractivity contribution in [3.8, 4) is 0 Å². The van der Waals surface area contributed by atoms with E-state index in [-0.39, 0.29) is 12.1 Å². The van der Waals surface area contributed by atoms with E-state index in [0.717, 1.165) is 37.5 Å². The standard InChI is InChI=1S/C13H23N3OS/c1-9(2)17-8-7-16(3)13-15-11-6-4-5-10(14)12(11)18-13/h9-10H,4-8,14H2,1-3H3. The van der Waals surface area contributed by atoms with Crippen molar-refractivity contribution in [1.82, 2.24) is 4.98 Å². The molecule has 18 heavy (non-hydrogen) atoms. The molecule has 0 aromatic carbocycles. The molecule has 4 nitrogen and oxygen atoms in total. The smallest absolute Gasteiger partial charge is 0.185 e. The normalized spacial score (nSPS) is 19.1. The number of nitrogens with two attached hydrogens (primary N) is 1. The van der Waals surface area contributed by atoms with Crippen LogP contribution in [-0.4, -0.2) is 31.3 Å². The van der Waals surface area contributed by atoms with Gasteiger partial charge in [0.15, 0.2) is 5.13 Å². The molecule has 2 N–H and O–H groups in total. The van der Waals surface area contributed by atoms with Crippen LogP contribution in [0.15, 0.2) is 0 Å². The Balaban J connectivity index is 1.96. The maximum atomic E-state index is 6.13. The molecule has 0 fully saturated rings. The zero-order chi connectivity index (χ0) is 13.1. The fourth-order valence-corrected chi connectivity index (χ4v) is 3.26. The highest BCUT2D eigenvalue weighted by molar-refractivity contribution is 7.15. The molecule has 1 unspecified atom stereocenters. The van der Waals surface area contributed by atoms with Crippen molar-refractivity contribution in [2.24, 2.45) is 5.73 Å². The molecule has 0 spiro atoms. The van der Waals surface area contributed by atoms with Crippen LogP contribution in [-0.2, 0) is 11.2 Å². The van der Waals surface area contributed by atoms with E-state index in [2.05, 4.69) is 25.8 Å². The molecule has 1 aliphatic rings. The predicted molar refractivity (Wildman–Crippen MR) is 76.3 cm³/mol. The first-order valence-corrected chi connectivity index (χ1v) is 7.47. The first-order valence-electron chi connectivity index (χ1n) is 6.66. The highest BCUT2D eigenvalue weighted by Gasteiger charge is 2.22. The minimum Gasteiger partial charge on any atom is -0.377 e. The summed E-state index contributed by atoms with van der Waals surface area (Å²) in [5.41, 5.74) is 7.34. The van der Waals surface area contributed by atoms with Gasteiger partial charge in [0, 0.05) is 24.5 Å². The minimum absolute atomic E-state index is 0.195. The Kier molecular flexibility index (Phi) is 4.59. The van der Waals surface area contributed by atoms with E-state index in [1.165, 1.54) is 10.6 Å². The van der Waals surface area contributed by atoms with Gasteiger partial charge >= 0.3 is 0 Å². The maximum absolute atomic E-state index is 6.13. The van der Waals surface area contributed by atoms with Crippen LogP contribution in [0, 0.1) is 0 Å². The van der Waals surface area contributed by atoms with Crippen molar-refractivity contribution in [2.45, 2.75) is 45.3 Å². The van der Waals surface area contributed by atoms with Crippen LogP contribution >= 0.6 is 11.3 Å². The second-order valence-electron chi connectivity index (χ2n) is 5.15. The molecular weight excluding hydrogens is 246 g/mol. The molecule has 2 rings (SSSR count). The summed E-state index contributed by atoms with van der Waals surface area (Å²) in [6.07, 6.45) is 3.62. The summed E-state index contributed by atoms with van der Waals surface area (Å²) in [7, 11) is 2.07. The number of anilines is 1. The Bertz CT molecular complexity index is 392. The largest absolute Gasteiger partial charge is 0.377 e. The lowest BCUT2D eigenvalue weighted by molar-refractivity contribution is 0.0846. The van der Waals surface area contributed by atoms with Crippen LogP contribution in [0.1, 0.15) is 43.3 Å². The van der Waals surface area contributed by atoms with Crippen molar-refractivity contribution < 1.29 is 4.74 Å². The lowest BCUT2D eigenvalue weighted by atomic mass is 9.99. The van der Waals surface area contributed by atoms with E-state index in [9.17, 15) is 0 Å². The Hall–Kier alpha value is -0.650. The van der Waals surface area contributed by atoms with E-state index >= 15 is 0 Å². The number of hydrogen-bond donors (Lipinski definition) is 1. The van der Waals surface area contributed by atoms with Crippen molar-refractivity contribution >= 4 is 16.5 Å². The number of rotatable bonds is 5. The fraction of sp³-hybridized carbons (Fsp3) is 0.769. The maximum Gasteiger partial charge on any atom is 0.185 e. The van der Waals surface area contributed by atoms with Gasteiger partial charge in [0.2, 0.25) is 0 Å². The van der Waals surface area contributed by atoms with Crippen LogP contribution in [0.5, 0.6) is 0 Å². The molecule has 1 heterocycles. The Morgan fingerprint density at radius 2 is 2.33 bits per heavy atom. The van der Waals surface area contributed by atoms with Gasteiger partial charge in [-0.3, -0.25) is 0 Å². The molecule has 5 heteroatoms. The van der Waals surface area contributed by atoms with E-state index in [0.29, 0.717) is 0 Å². The van der Waals surface area contributed by atoms with Gasteiger partial charge < -0.3 is 15.4 Å². The summed E-state index contributed by atoms with van der Waals surface area (Å²) >= 11 is 1.74. The SMILES string of the molecule is CC(C)OCCN(C)c1nc2c(s1)C(N)CCC2. The monoisotopic (exact) mass is 269 g/mol. The number of likely N-dealkylation sites (N-methyl/N-ethyl adjacent to an activating group) is 1. The van der Waals surface area contributed by atoms with Gasteiger partial charge in [-0.1, -0.05) is 0 Å². The molecule has 0 aliphatic heterocycles. The van der Waals surface area contributed by atoms with Gasteiger partial charge in [0.25, 0.3) is 0 Å². The van der Waals surface area contributed by atoms with Crippen LogP contribution in [0.3, 0.4) is 0 Å². The molecule has 0 bridgehead atoms. The number of thiazole rings is 1. The molecule has 1 aromatic heterocycles. The van der Waals surface area contributed by atoms with E-state index in [1.54, 1.807) is 11.3 Å². The summed E-state index contributed by atoms with van der Waals surface area (Å²) in [6.45, 7) is 5.73. The Morgan fingerprint density at radius 1 is 1.56 bits per heavy atom. The number of hydrogen-bond acceptors (Lipinski definition) is 5. The zero-order valence-corrected chi connectivity index (χ0v) is 12.3. The molecule has 0 saturated carbocycles. The van der Waals surface area contributed by atoms with Gasteiger partial charge in [-0.05, 0) is 33.1 Å². The fourth-order valence-electron chi connectivity index (χ4n) is 2.12.